The smallest absolute Gasteiger partial charge is 0.251 e. The summed E-state index contributed by atoms with van der Waals surface area (Å²) in [6.45, 7) is 3.01. The van der Waals surface area contributed by atoms with Gasteiger partial charge in [0.1, 0.15) is 11.5 Å². The molecular weight excluding hydrogens is 344 g/mol. The van der Waals surface area contributed by atoms with Gasteiger partial charge in [-0.1, -0.05) is 11.2 Å². The van der Waals surface area contributed by atoms with Gasteiger partial charge in [0, 0.05) is 23.4 Å². The minimum atomic E-state index is -0.0955. The largest absolute Gasteiger partial charge is 0.361 e. The molecule has 1 aromatic heterocycles. The van der Waals surface area contributed by atoms with E-state index in [1.54, 1.807) is 24.3 Å². The highest BCUT2D eigenvalue weighted by molar-refractivity contribution is 5.97. The lowest BCUT2D eigenvalue weighted by molar-refractivity contribution is -0.117. The van der Waals surface area contributed by atoms with Crippen LogP contribution in [0.2, 0.25) is 0 Å². The van der Waals surface area contributed by atoms with Gasteiger partial charge < -0.3 is 15.2 Å². The molecule has 7 nitrogen and oxygen atoms in total. The summed E-state index contributed by atoms with van der Waals surface area (Å²) >= 11 is 0. The minimum Gasteiger partial charge on any atom is -0.361 e. The number of carbonyl (C=O) groups is 2. The fourth-order valence-electron chi connectivity index (χ4n) is 3.51. The van der Waals surface area contributed by atoms with Crippen LogP contribution in [0, 0.1) is 6.92 Å². The first-order valence-corrected chi connectivity index (χ1v) is 9.46. The van der Waals surface area contributed by atoms with Crippen molar-refractivity contribution in [3.8, 4) is 0 Å². The van der Waals surface area contributed by atoms with Crippen LogP contribution in [0.25, 0.3) is 0 Å². The van der Waals surface area contributed by atoms with Gasteiger partial charge in [-0.3, -0.25) is 14.5 Å². The van der Waals surface area contributed by atoms with Crippen molar-refractivity contribution >= 4 is 17.5 Å². The summed E-state index contributed by atoms with van der Waals surface area (Å²) in [6.07, 6.45) is 4.09. The lowest BCUT2D eigenvalue weighted by atomic mass is 10.1. The van der Waals surface area contributed by atoms with Gasteiger partial charge >= 0.3 is 0 Å². The minimum absolute atomic E-state index is 0.0883. The molecule has 2 amide bonds. The van der Waals surface area contributed by atoms with Gasteiger partial charge in [0.15, 0.2) is 0 Å². The molecule has 2 fully saturated rings. The zero-order valence-electron chi connectivity index (χ0n) is 15.4. The van der Waals surface area contributed by atoms with E-state index in [0.29, 0.717) is 17.3 Å². The summed E-state index contributed by atoms with van der Waals surface area (Å²) < 4.78 is 5.18. The van der Waals surface area contributed by atoms with E-state index in [1.807, 2.05) is 13.0 Å². The van der Waals surface area contributed by atoms with E-state index in [2.05, 4.69) is 20.7 Å². The molecule has 142 valence electrons. The Bertz CT molecular complexity index is 843. The molecule has 1 aliphatic carbocycles. The molecule has 1 aliphatic heterocycles. The molecular formula is C20H24N4O3. The average Bonchev–Trinajstić information content (AvgIpc) is 3.16. The summed E-state index contributed by atoms with van der Waals surface area (Å²) in [6, 6.07) is 9.42. The van der Waals surface area contributed by atoms with Crippen molar-refractivity contribution in [2.45, 2.75) is 44.7 Å². The standard InChI is InChI=1S/C20H24N4O3/c1-13-10-17(23-27-13)18-6-3-9-24(18)12-19(25)21-16-5-2-4-14(11-16)20(26)22-15-7-8-15/h2,4-5,10-11,15,18H,3,6-9,12H2,1H3,(H,21,25)(H,22,26)/t18-/m1/s1. The van der Waals surface area contributed by atoms with Crippen molar-refractivity contribution in [1.29, 1.82) is 0 Å². The number of rotatable bonds is 6. The third kappa shape index (κ3) is 4.36. The lowest BCUT2D eigenvalue weighted by Crippen LogP contribution is -2.33. The zero-order valence-corrected chi connectivity index (χ0v) is 15.4. The summed E-state index contributed by atoms with van der Waals surface area (Å²) in [7, 11) is 0. The second-order valence-corrected chi connectivity index (χ2v) is 7.37. The highest BCUT2D eigenvalue weighted by atomic mass is 16.5. The summed E-state index contributed by atoms with van der Waals surface area (Å²) in [5.74, 6) is 0.596. The Hall–Kier alpha value is -2.67. The summed E-state index contributed by atoms with van der Waals surface area (Å²) in [4.78, 5) is 26.8. The first-order valence-electron chi connectivity index (χ1n) is 9.46. The van der Waals surface area contributed by atoms with Crippen LogP contribution in [0.1, 0.15) is 53.5 Å². The van der Waals surface area contributed by atoms with E-state index in [9.17, 15) is 9.59 Å². The van der Waals surface area contributed by atoms with Crippen molar-refractivity contribution in [1.82, 2.24) is 15.4 Å². The van der Waals surface area contributed by atoms with Crippen molar-refractivity contribution < 1.29 is 14.1 Å². The van der Waals surface area contributed by atoms with Crippen LogP contribution in [0.15, 0.2) is 34.9 Å². The first-order chi connectivity index (χ1) is 13.1. The maximum Gasteiger partial charge on any atom is 0.251 e. The number of carbonyl (C=O) groups excluding carboxylic acids is 2. The molecule has 0 spiro atoms. The number of nitrogens with one attached hydrogen (secondary N) is 2. The highest BCUT2D eigenvalue weighted by Crippen LogP contribution is 2.31. The third-order valence-electron chi connectivity index (χ3n) is 5.02. The van der Waals surface area contributed by atoms with Crippen LogP contribution in [0.3, 0.4) is 0 Å². The molecule has 2 aromatic rings. The molecule has 2 N–H and O–H groups in total. The highest BCUT2D eigenvalue weighted by Gasteiger charge is 2.30. The summed E-state index contributed by atoms with van der Waals surface area (Å²) in [5.41, 5.74) is 2.09. The average molecular weight is 368 g/mol. The van der Waals surface area contributed by atoms with Crippen molar-refractivity contribution in [2.75, 3.05) is 18.4 Å². The molecule has 4 rings (SSSR count). The number of amides is 2. The molecule has 7 heteroatoms. The fourth-order valence-corrected chi connectivity index (χ4v) is 3.51. The number of nitrogens with zero attached hydrogens (tertiary/aromatic N) is 2. The first kappa shape index (κ1) is 17.7. The third-order valence-corrected chi connectivity index (χ3v) is 5.02. The van der Waals surface area contributed by atoms with E-state index in [-0.39, 0.29) is 24.4 Å². The lowest BCUT2D eigenvalue weighted by Gasteiger charge is -2.22. The van der Waals surface area contributed by atoms with Gasteiger partial charge in [0.2, 0.25) is 5.91 Å². The molecule has 0 unspecified atom stereocenters. The van der Waals surface area contributed by atoms with Gasteiger partial charge in [-0.05, 0) is 57.4 Å². The van der Waals surface area contributed by atoms with Gasteiger partial charge in [0.05, 0.1) is 12.6 Å². The van der Waals surface area contributed by atoms with Crippen LogP contribution in [0.4, 0.5) is 5.69 Å². The molecule has 1 atom stereocenters. The van der Waals surface area contributed by atoms with Crippen molar-refractivity contribution in [3.05, 3.63) is 47.3 Å². The molecule has 2 heterocycles. The normalized spacial score (nSPS) is 19.8. The Morgan fingerprint density at radius 1 is 1.26 bits per heavy atom. The quantitative estimate of drug-likeness (QED) is 0.818. The van der Waals surface area contributed by atoms with Gasteiger partial charge in [-0.2, -0.15) is 0 Å². The Morgan fingerprint density at radius 3 is 2.85 bits per heavy atom. The van der Waals surface area contributed by atoms with Crippen molar-refractivity contribution in [3.63, 3.8) is 0 Å². The monoisotopic (exact) mass is 368 g/mol. The summed E-state index contributed by atoms with van der Waals surface area (Å²) in [5, 5.41) is 9.97. The molecule has 1 saturated carbocycles. The van der Waals surface area contributed by atoms with Crippen LogP contribution in [0.5, 0.6) is 0 Å². The van der Waals surface area contributed by atoms with E-state index < -0.39 is 0 Å². The second kappa shape index (κ2) is 7.52. The number of aryl methyl sites for hydroxylation is 1. The van der Waals surface area contributed by atoms with Crippen LogP contribution in [-0.4, -0.2) is 41.0 Å². The Balaban J connectivity index is 1.36. The van der Waals surface area contributed by atoms with Crippen LogP contribution >= 0.6 is 0 Å². The number of aromatic nitrogens is 1. The number of anilines is 1. The molecule has 1 aromatic carbocycles. The van der Waals surface area contributed by atoms with E-state index >= 15 is 0 Å². The molecule has 2 aliphatic rings. The number of hydrogen-bond acceptors (Lipinski definition) is 5. The Morgan fingerprint density at radius 2 is 2.11 bits per heavy atom. The molecule has 0 radical (unpaired) electrons. The maximum absolute atomic E-state index is 12.5. The fraction of sp³-hybridized carbons (Fsp3) is 0.450. The van der Waals surface area contributed by atoms with E-state index in [1.165, 1.54) is 0 Å². The van der Waals surface area contributed by atoms with Gasteiger partial charge in [-0.25, -0.2) is 0 Å². The predicted molar refractivity (Wildman–Crippen MR) is 100 cm³/mol. The molecule has 0 bridgehead atoms. The number of hydrogen-bond donors (Lipinski definition) is 2. The van der Waals surface area contributed by atoms with E-state index in [4.69, 9.17) is 4.52 Å². The van der Waals surface area contributed by atoms with Crippen LogP contribution in [-0.2, 0) is 4.79 Å². The van der Waals surface area contributed by atoms with Crippen LogP contribution < -0.4 is 10.6 Å². The Labute approximate surface area is 158 Å². The molecule has 1 saturated heterocycles. The number of likely N-dealkylation sites (tertiary alicyclic amines) is 1. The van der Waals surface area contributed by atoms with Gasteiger partial charge in [0.25, 0.3) is 5.91 Å². The maximum atomic E-state index is 12.5. The Kier molecular flexibility index (Phi) is 4.94. The topological polar surface area (TPSA) is 87.5 Å². The van der Waals surface area contributed by atoms with E-state index in [0.717, 1.165) is 43.7 Å². The number of benzene rings is 1. The molecule has 27 heavy (non-hydrogen) atoms. The van der Waals surface area contributed by atoms with Gasteiger partial charge in [-0.15, -0.1) is 0 Å². The predicted octanol–water partition coefficient (Wildman–Crippen LogP) is 2.65. The SMILES string of the molecule is Cc1cc([C@H]2CCCN2CC(=O)Nc2cccc(C(=O)NC3CC3)c2)no1. The van der Waals surface area contributed by atoms with Crippen molar-refractivity contribution in [2.24, 2.45) is 0 Å². The zero-order chi connectivity index (χ0) is 18.8. The second-order valence-electron chi connectivity index (χ2n) is 7.37.